The highest BCUT2D eigenvalue weighted by atomic mass is 32.2. The van der Waals surface area contributed by atoms with Gasteiger partial charge in [-0.1, -0.05) is 6.92 Å². The SMILES string of the molecule is CC1CCCN(CC(C)NC(=O)N2CCSCC2)C1. The van der Waals surface area contributed by atoms with Gasteiger partial charge in [-0.2, -0.15) is 11.8 Å². The summed E-state index contributed by atoms with van der Waals surface area (Å²) in [7, 11) is 0. The number of amides is 2. The lowest BCUT2D eigenvalue weighted by molar-refractivity contribution is 0.163. The van der Waals surface area contributed by atoms with Gasteiger partial charge in [0.15, 0.2) is 0 Å². The topological polar surface area (TPSA) is 35.6 Å². The Morgan fingerprint density at radius 3 is 2.79 bits per heavy atom. The molecule has 0 aliphatic carbocycles. The summed E-state index contributed by atoms with van der Waals surface area (Å²) < 4.78 is 0. The molecule has 0 aromatic heterocycles. The second-order valence-electron chi connectivity index (χ2n) is 5.96. The Hall–Kier alpha value is -0.420. The fourth-order valence-corrected chi connectivity index (χ4v) is 3.86. The zero-order valence-corrected chi connectivity index (χ0v) is 13.0. The van der Waals surface area contributed by atoms with Crippen LogP contribution in [-0.4, -0.2) is 66.1 Å². The van der Waals surface area contributed by atoms with Gasteiger partial charge in [0.25, 0.3) is 0 Å². The largest absolute Gasteiger partial charge is 0.334 e. The quantitative estimate of drug-likeness (QED) is 0.860. The molecule has 2 amide bonds. The zero-order chi connectivity index (χ0) is 13.7. The molecule has 2 aliphatic heterocycles. The van der Waals surface area contributed by atoms with Crippen LogP contribution in [0.3, 0.4) is 0 Å². The number of urea groups is 1. The molecule has 4 nitrogen and oxygen atoms in total. The van der Waals surface area contributed by atoms with E-state index in [2.05, 4.69) is 24.1 Å². The summed E-state index contributed by atoms with van der Waals surface area (Å²) in [4.78, 5) is 16.5. The Bertz CT molecular complexity index is 294. The molecular formula is C14H27N3OS. The van der Waals surface area contributed by atoms with Crippen molar-refractivity contribution in [3.05, 3.63) is 0 Å². The van der Waals surface area contributed by atoms with E-state index >= 15 is 0 Å². The fraction of sp³-hybridized carbons (Fsp3) is 0.929. The van der Waals surface area contributed by atoms with E-state index in [9.17, 15) is 4.79 Å². The van der Waals surface area contributed by atoms with Crippen molar-refractivity contribution < 1.29 is 4.79 Å². The van der Waals surface area contributed by atoms with Gasteiger partial charge in [0.05, 0.1) is 0 Å². The van der Waals surface area contributed by atoms with Gasteiger partial charge in [0.1, 0.15) is 0 Å². The molecule has 2 fully saturated rings. The number of carbonyl (C=O) groups excluding carboxylic acids is 1. The van der Waals surface area contributed by atoms with E-state index in [1.165, 1.54) is 25.9 Å². The van der Waals surface area contributed by atoms with Crippen molar-refractivity contribution in [1.82, 2.24) is 15.1 Å². The van der Waals surface area contributed by atoms with Crippen LogP contribution >= 0.6 is 11.8 Å². The van der Waals surface area contributed by atoms with Gasteiger partial charge in [-0.25, -0.2) is 4.79 Å². The number of piperidine rings is 1. The van der Waals surface area contributed by atoms with Crippen LogP contribution in [0.25, 0.3) is 0 Å². The zero-order valence-electron chi connectivity index (χ0n) is 12.2. The van der Waals surface area contributed by atoms with E-state index in [0.29, 0.717) is 0 Å². The highest BCUT2D eigenvalue weighted by Gasteiger charge is 2.21. The van der Waals surface area contributed by atoms with Crippen LogP contribution in [0.5, 0.6) is 0 Å². The average molecular weight is 285 g/mol. The molecule has 1 N–H and O–H groups in total. The molecule has 2 atom stereocenters. The number of likely N-dealkylation sites (tertiary alicyclic amines) is 1. The van der Waals surface area contributed by atoms with Crippen molar-refractivity contribution >= 4 is 17.8 Å². The summed E-state index contributed by atoms with van der Waals surface area (Å²) in [6, 6.07) is 0.366. The van der Waals surface area contributed by atoms with Gasteiger partial charge in [0.2, 0.25) is 0 Å². The third-order valence-corrected chi connectivity index (χ3v) is 4.88. The lowest BCUT2D eigenvalue weighted by Crippen LogP contribution is -2.51. The molecule has 2 heterocycles. The molecule has 0 radical (unpaired) electrons. The first-order valence-corrected chi connectivity index (χ1v) is 8.66. The van der Waals surface area contributed by atoms with Gasteiger partial charge >= 0.3 is 6.03 Å². The molecule has 2 rings (SSSR count). The minimum Gasteiger partial charge on any atom is -0.334 e. The van der Waals surface area contributed by atoms with Crippen molar-refractivity contribution in [2.45, 2.75) is 32.7 Å². The van der Waals surface area contributed by atoms with Crippen LogP contribution in [0.15, 0.2) is 0 Å². The Labute approximate surface area is 121 Å². The Kier molecular flexibility index (Phi) is 5.82. The van der Waals surface area contributed by atoms with Crippen molar-refractivity contribution in [2.75, 3.05) is 44.2 Å². The second kappa shape index (κ2) is 7.39. The van der Waals surface area contributed by atoms with E-state index in [1.54, 1.807) is 0 Å². The normalized spacial score (nSPS) is 27.1. The molecule has 0 aromatic carbocycles. The van der Waals surface area contributed by atoms with Crippen LogP contribution in [0.1, 0.15) is 26.7 Å². The van der Waals surface area contributed by atoms with Crippen molar-refractivity contribution in [3.63, 3.8) is 0 Å². The first kappa shape index (κ1) is 15.0. The molecule has 5 heteroatoms. The number of nitrogens with zero attached hydrogens (tertiary/aromatic N) is 2. The van der Waals surface area contributed by atoms with Crippen LogP contribution in [0, 0.1) is 5.92 Å². The first-order valence-electron chi connectivity index (χ1n) is 7.50. The maximum atomic E-state index is 12.1. The number of hydrogen-bond donors (Lipinski definition) is 1. The van der Waals surface area contributed by atoms with Gasteiger partial charge in [0, 0.05) is 43.7 Å². The van der Waals surface area contributed by atoms with Crippen LogP contribution < -0.4 is 5.32 Å². The maximum absolute atomic E-state index is 12.1. The number of carbonyl (C=O) groups is 1. The molecule has 110 valence electrons. The van der Waals surface area contributed by atoms with Crippen molar-refractivity contribution in [3.8, 4) is 0 Å². The van der Waals surface area contributed by atoms with Crippen LogP contribution in [0.4, 0.5) is 4.79 Å². The molecular weight excluding hydrogens is 258 g/mol. The number of hydrogen-bond acceptors (Lipinski definition) is 3. The second-order valence-corrected chi connectivity index (χ2v) is 7.18. The monoisotopic (exact) mass is 285 g/mol. The predicted octanol–water partition coefficient (Wildman–Crippen LogP) is 1.87. The molecule has 2 saturated heterocycles. The lowest BCUT2D eigenvalue weighted by atomic mass is 10.00. The summed E-state index contributed by atoms with van der Waals surface area (Å²) in [5.41, 5.74) is 0. The third kappa shape index (κ3) is 4.88. The predicted molar refractivity (Wildman–Crippen MR) is 81.7 cm³/mol. The van der Waals surface area contributed by atoms with E-state index in [4.69, 9.17) is 0 Å². The van der Waals surface area contributed by atoms with Crippen LogP contribution in [0.2, 0.25) is 0 Å². The Balaban J connectivity index is 1.70. The van der Waals surface area contributed by atoms with E-state index in [0.717, 1.165) is 37.1 Å². The summed E-state index contributed by atoms with van der Waals surface area (Å²) in [6.45, 7) is 9.58. The Morgan fingerprint density at radius 1 is 1.37 bits per heavy atom. The molecule has 0 bridgehead atoms. The average Bonchev–Trinajstić information content (AvgIpc) is 2.39. The van der Waals surface area contributed by atoms with Gasteiger partial charge in [-0.05, 0) is 32.2 Å². The smallest absolute Gasteiger partial charge is 0.317 e. The van der Waals surface area contributed by atoms with E-state index < -0.39 is 0 Å². The molecule has 2 unspecified atom stereocenters. The van der Waals surface area contributed by atoms with E-state index in [1.807, 2.05) is 16.7 Å². The van der Waals surface area contributed by atoms with Gasteiger partial charge < -0.3 is 15.1 Å². The maximum Gasteiger partial charge on any atom is 0.317 e. The van der Waals surface area contributed by atoms with Crippen molar-refractivity contribution in [1.29, 1.82) is 0 Å². The summed E-state index contributed by atoms with van der Waals surface area (Å²) >= 11 is 1.93. The van der Waals surface area contributed by atoms with Gasteiger partial charge in [-0.15, -0.1) is 0 Å². The molecule has 19 heavy (non-hydrogen) atoms. The van der Waals surface area contributed by atoms with Crippen LogP contribution in [-0.2, 0) is 0 Å². The summed E-state index contributed by atoms with van der Waals surface area (Å²) in [5, 5.41) is 3.15. The molecule has 0 aromatic rings. The number of rotatable bonds is 3. The highest BCUT2D eigenvalue weighted by Crippen LogP contribution is 2.15. The lowest BCUT2D eigenvalue weighted by Gasteiger charge is -2.34. The molecule has 0 saturated carbocycles. The molecule has 0 spiro atoms. The number of thioether (sulfide) groups is 1. The highest BCUT2D eigenvalue weighted by molar-refractivity contribution is 7.99. The Morgan fingerprint density at radius 2 is 2.11 bits per heavy atom. The summed E-state index contributed by atoms with van der Waals surface area (Å²) in [5.74, 6) is 2.95. The minimum atomic E-state index is 0.123. The summed E-state index contributed by atoms with van der Waals surface area (Å²) in [6.07, 6.45) is 2.65. The van der Waals surface area contributed by atoms with Gasteiger partial charge in [-0.3, -0.25) is 0 Å². The minimum absolute atomic E-state index is 0.123. The molecule has 2 aliphatic rings. The standard InChI is InChI=1S/C14H27N3OS/c1-12-4-3-5-16(10-12)11-13(2)15-14(18)17-6-8-19-9-7-17/h12-13H,3-11H2,1-2H3,(H,15,18). The number of nitrogens with one attached hydrogen (secondary N) is 1. The van der Waals surface area contributed by atoms with Crippen molar-refractivity contribution in [2.24, 2.45) is 5.92 Å². The first-order chi connectivity index (χ1) is 9.15. The third-order valence-electron chi connectivity index (χ3n) is 3.94. The fourth-order valence-electron chi connectivity index (χ4n) is 2.95. The van der Waals surface area contributed by atoms with E-state index in [-0.39, 0.29) is 12.1 Å².